The van der Waals surface area contributed by atoms with Crippen molar-refractivity contribution in [1.82, 2.24) is 0 Å². The van der Waals surface area contributed by atoms with Gasteiger partial charge in [0.1, 0.15) is 0 Å². The highest BCUT2D eigenvalue weighted by Gasteiger charge is 2.27. The van der Waals surface area contributed by atoms with Gasteiger partial charge in [0, 0.05) is 17.0 Å². The first-order chi connectivity index (χ1) is 20.9. The Kier molecular flexibility index (Phi) is 12.9. The van der Waals surface area contributed by atoms with E-state index in [2.05, 4.69) is 13.8 Å². The highest BCUT2D eigenvalue weighted by atomic mass is 19.2. The monoisotopic (exact) mass is 598 g/mol. The molecule has 1 aliphatic heterocycles. The van der Waals surface area contributed by atoms with Crippen molar-refractivity contribution in [2.24, 2.45) is 0 Å². The van der Waals surface area contributed by atoms with Crippen LogP contribution in [0, 0.1) is 23.3 Å². The van der Waals surface area contributed by atoms with Crippen molar-refractivity contribution in [2.75, 3.05) is 13.2 Å². The number of hydrogen-bond acceptors (Lipinski definition) is 2. The van der Waals surface area contributed by atoms with Gasteiger partial charge >= 0.3 is 0 Å². The Hall–Kier alpha value is -2.86. The summed E-state index contributed by atoms with van der Waals surface area (Å²) in [5.41, 5.74) is 1.45. The molecule has 4 rings (SSSR count). The first-order valence-electron chi connectivity index (χ1n) is 16.3. The fraction of sp³-hybridized carbons (Fsp3) is 0.514. The molecule has 0 aromatic heterocycles. The van der Waals surface area contributed by atoms with Crippen LogP contribution in [0.4, 0.5) is 17.6 Å². The number of halogens is 4. The lowest BCUT2D eigenvalue weighted by atomic mass is 9.88. The summed E-state index contributed by atoms with van der Waals surface area (Å²) in [7, 11) is 0. The highest BCUT2D eigenvalue weighted by molar-refractivity contribution is 5.72. The Labute approximate surface area is 254 Å². The molecular formula is C37H46F4O2. The van der Waals surface area contributed by atoms with Gasteiger partial charge in [-0.25, -0.2) is 13.2 Å². The first-order valence-corrected chi connectivity index (χ1v) is 16.3. The number of hydrogen-bond donors (Lipinski definition) is 0. The lowest BCUT2D eigenvalue weighted by molar-refractivity contribution is -0.00283. The van der Waals surface area contributed by atoms with Gasteiger partial charge in [0.25, 0.3) is 0 Å². The van der Waals surface area contributed by atoms with Crippen LogP contribution in [-0.2, 0) is 4.74 Å². The minimum absolute atomic E-state index is 0.0814. The SMILES string of the molecule is CCCCCCCOc1ccc(-c2ccc(-c3ccc(C4CCC(CCCCCCC)OC4)c(F)c3F)cc2)c(F)c1F. The van der Waals surface area contributed by atoms with Crippen LogP contribution in [0.25, 0.3) is 22.3 Å². The quantitative estimate of drug-likeness (QED) is 0.121. The molecule has 1 heterocycles. The molecule has 43 heavy (non-hydrogen) atoms. The molecule has 0 amide bonds. The van der Waals surface area contributed by atoms with E-state index in [1.54, 1.807) is 36.4 Å². The third-order valence-corrected chi connectivity index (χ3v) is 8.61. The minimum atomic E-state index is -1.02. The van der Waals surface area contributed by atoms with E-state index in [4.69, 9.17) is 9.47 Å². The van der Waals surface area contributed by atoms with Gasteiger partial charge in [-0.2, -0.15) is 4.39 Å². The van der Waals surface area contributed by atoms with E-state index in [0.29, 0.717) is 29.9 Å². The van der Waals surface area contributed by atoms with Gasteiger partial charge in [-0.05, 0) is 54.5 Å². The van der Waals surface area contributed by atoms with Crippen LogP contribution in [0.1, 0.15) is 109 Å². The van der Waals surface area contributed by atoms with Crippen molar-refractivity contribution in [2.45, 2.75) is 109 Å². The van der Waals surface area contributed by atoms with Crippen molar-refractivity contribution < 1.29 is 27.0 Å². The smallest absolute Gasteiger partial charge is 0.201 e. The average Bonchev–Trinajstić information content (AvgIpc) is 3.03. The number of ether oxygens (including phenoxy) is 2. The minimum Gasteiger partial charge on any atom is -0.490 e. The summed E-state index contributed by atoms with van der Waals surface area (Å²) in [6.07, 6.45) is 14.1. The van der Waals surface area contributed by atoms with Gasteiger partial charge in [0.15, 0.2) is 23.2 Å². The molecule has 0 bridgehead atoms. The molecular weight excluding hydrogens is 552 g/mol. The van der Waals surface area contributed by atoms with Gasteiger partial charge < -0.3 is 9.47 Å². The molecule has 2 unspecified atom stereocenters. The Morgan fingerprint density at radius 2 is 1.21 bits per heavy atom. The molecule has 6 heteroatoms. The van der Waals surface area contributed by atoms with Crippen LogP contribution in [0.5, 0.6) is 5.75 Å². The maximum absolute atomic E-state index is 15.3. The lowest BCUT2D eigenvalue weighted by Gasteiger charge is -2.30. The van der Waals surface area contributed by atoms with Gasteiger partial charge in [-0.15, -0.1) is 0 Å². The number of benzene rings is 3. The van der Waals surface area contributed by atoms with Crippen LogP contribution in [-0.4, -0.2) is 19.3 Å². The fourth-order valence-corrected chi connectivity index (χ4v) is 5.94. The third kappa shape index (κ3) is 8.84. The largest absolute Gasteiger partial charge is 0.490 e. The molecule has 0 saturated carbocycles. The predicted octanol–water partition coefficient (Wildman–Crippen LogP) is 11.5. The van der Waals surface area contributed by atoms with Crippen LogP contribution >= 0.6 is 0 Å². The zero-order valence-corrected chi connectivity index (χ0v) is 25.7. The molecule has 0 spiro atoms. The maximum atomic E-state index is 15.3. The zero-order valence-electron chi connectivity index (χ0n) is 25.7. The van der Waals surface area contributed by atoms with E-state index >= 15 is 8.78 Å². The third-order valence-electron chi connectivity index (χ3n) is 8.61. The van der Waals surface area contributed by atoms with Crippen molar-refractivity contribution in [1.29, 1.82) is 0 Å². The second-order valence-corrected chi connectivity index (χ2v) is 11.8. The number of unbranched alkanes of at least 4 members (excludes halogenated alkanes) is 8. The van der Waals surface area contributed by atoms with E-state index in [1.807, 2.05) is 0 Å². The number of rotatable bonds is 16. The fourth-order valence-electron chi connectivity index (χ4n) is 5.94. The normalized spacial score (nSPS) is 16.9. The van der Waals surface area contributed by atoms with Crippen molar-refractivity contribution in [3.63, 3.8) is 0 Å². The van der Waals surface area contributed by atoms with Gasteiger partial charge in [0.05, 0.1) is 19.3 Å². The summed E-state index contributed by atoms with van der Waals surface area (Å²) in [6.45, 7) is 5.07. The second kappa shape index (κ2) is 16.8. The van der Waals surface area contributed by atoms with Crippen molar-refractivity contribution in [3.05, 3.63) is 77.4 Å². The molecule has 1 fully saturated rings. The molecule has 234 valence electrons. The molecule has 0 radical (unpaired) electrons. The van der Waals surface area contributed by atoms with E-state index in [-0.39, 0.29) is 28.9 Å². The Morgan fingerprint density at radius 3 is 1.81 bits per heavy atom. The predicted molar refractivity (Wildman–Crippen MR) is 166 cm³/mol. The summed E-state index contributed by atoms with van der Waals surface area (Å²) in [6, 6.07) is 12.5. The van der Waals surface area contributed by atoms with E-state index in [9.17, 15) is 8.78 Å². The highest BCUT2D eigenvalue weighted by Crippen LogP contribution is 2.36. The Morgan fingerprint density at radius 1 is 0.628 bits per heavy atom. The van der Waals surface area contributed by atoms with Crippen LogP contribution in [0.15, 0.2) is 48.5 Å². The van der Waals surface area contributed by atoms with Gasteiger partial charge in [0.2, 0.25) is 5.82 Å². The first kappa shape index (κ1) is 33.0. The average molecular weight is 599 g/mol. The molecule has 1 aliphatic rings. The molecule has 0 aliphatic carbocycles. The topological polar surface area (TPSA) is 18.5 Å². The summed E-state index contributed by atoms with van der Waals surface area (Å²) < 4.78 is 71.7. The van der Waals surface area contributed by atoms with Crippen molar-refractivity contribution in [3.8, 4) is 28.0 Å². The maximum Gasteiger partial charge on any atom is 0.201 e. The molecule has 3 aromatic rings. The molecule has 2 nitrogen and oxygen atoms in total. The summed E-state index contributed by atoms with van der Waals surface area (Å²) >= 11 is 0. The molecule has 0 N–H and O–H groups in total. The second-order valence-electron chi connectivity index (χ2n) is 11.8. The molecule has 2 atom stereocenters. The zero-order chi connectivity index (χ0) is 30.6. The van der Waals surface area contributed by atoms with E-state index in [0.717, 1.165) is 57.8 Å². The van der Waals surface area contributed by atoms with Crippen LogP contribution in [0.3, 0.4) is 0 Å². The van der Waals surface area contributed by atoms with E-state index in [1.165, 1.54) is 37.8 Å². The van der Waals surface area contributed by atoms with Crippen LogP contribution in [0.2, 0.25) is 0 Å². The van der Waals surface area contributed by atoms with Gasteiger partial charge in [-0.3, -0.25) is 0 Å². The molecule has 3 aromatic carbocycles. The van der Waals surface area contributed by atoms with E-state index < -0.39 is 23.3 Å². The lowest BCUT2D eigenvalue weighted by Crippen LogP contribution is -2.25. The summed E-state index contributed by atoms with van der Waals surface area (Å²) in [5, 5.41) is 0. The molecule has 1 saturated heterocycles. The summed E-state index contributed by atoms with van der Waals surface area (Å²) in [5.74, 6) is -4.05. The Bertz CT molecular complexity index is 1280. The van der Waals surface area contributed by atoms with Gasteiger partial charge in [-0.1, -0.05) is 108 Å². The Balaban J connectivity index is 1.37. The van der Waals surface area contributed by atoms with Crippen molar-refractivity contribution >= 4 is 0 Å². The van der Waals surface area contributed by atoms with Crippen LogP contribution < -0.4 is 4.74 Å². The summed E-state index contributed by atoms with van der Waals surface area (Å²) in [4.78, 5) is 0. The standard InChI is InChI=1S/C37H46F4O2/c1-3-5-7-9-11-13-29-19-18-28(25-43-29)32-21-20-30(34(38)35(32)39)26-14-16-27(17-15-26)31-22-23-33(37(41)36(31)40)42-24-12-10-8-6-4-2/h14-17,20-23,28-29H,3-13,18-19,24-25H2,1-2H3.